The quantitative estimate of drug-likeness (QED) is 0.276. The number of thioether (sulfide) groups is 1. The maximum Gasteiger partial charge on any atom is 0.345 e. The summed E-state index contributed by atoms with van der Waals surface area (Å²) < 4.78 is 5.89. The second-order valence-corrected chi connectivity index (χ2v) is 8.03. The summed E-state index contributed by atoms with van der Waals surface area (Å²) in [4.78, 5) is 26.6. The van der Waals surface area contributed by atoms with Crippen LogP contribution in [0.15, 0.2) is 47.4 Å². The minimum atomic E-state index is -0.576. The van der Waals surface area contributed by atoms with E-state index >= 15 is 0 Å². The summed E-state index contributed by atoms with van der Waals surface area (Å²) in [6, 6.07) is 11.4. The second-order valence-electron chi connectivity index (χ2n) is 5.51. The van der Waals surface area contributed by atoms with Crippen molar-refractivity contribution in [2.45, 2.75) is 6.92 Å². The van der Waals surface area contributed by atoms with E-state index in [0.717, 1.165) is 5.56 Å². The van der Waals surface area contributed by atoms with Gasteiger partial charge in [-0.3, -0.25) is 9.69 Å². The van der Waals surface area contributed by atoms with Crippen LogP contribution < -0.4 is 4.74 Å². The number of benzene rings is 2. The average Bonchev–Trinajstić information content (AvgIpc) is 2.89. The average molecular weight is 438 g/mol. The molecule has 0 atom stereocenters. The van der Waals surface area contributed by atoms with Crippen LogP contribution in [0.5, 0.6) is 5.75 Å². The van der Waals surface area contributed by atoms with Gasteiger partial charge in [0.2, 0.25) is 0 Å². The number of nitrogens with zero attached hydrogens (tertiary/aromatic N) is 1. The number of amides is 1. The molecule has 0 unspecified atom stereocenters. The number of carbonyl (C=O) groups excluding carboxylic acids is 2. The molecule has 1 amide bonds. The van der Waals surface area contributed by atoms with Crippen LogP contribution in [0.4, 0.5) is 0 Å². The Morgan fingerprint density at radius 2 is 1.93 bits per heavy atom. The Bertz CT molecular complexity index is 958. The van der Waals surface area contributed by atoms with Gasteiger partial charge in [0.1, 0.15) is 10.1 Å². The van der Waals surface area contributed by atoms with Crippen molar-refractivity contribution in [3.63, 3.8) is 0 Å². The van der Waals surface area contributed by atoms with Crippen LogP contribution in [0.3, 0.4) is 0 Å². The zero-order chi connectivity index (χ0) is 19.6. The van der Waals surface area contributed by atoms with Gasteiger partial charge in [0.05, 0.1) is 15.5 Å². The lowest BCUT2D eigenvalue weighted by molar-refractivity contribution is -0.121. The molecule has 0 aromatic heterocycles. The summed E-state index contributed by atoms with van der Waals surface area (Å²) in [7, 11) is 0. The van der Waals surface area contributed by atoms with Crippen molar-refractivity contribution in [2.24, 2.45) is 0 Å². The second kappa shape index (κ2) is 8.44. The fourth-order valence-corrected chi connectivity index (χ4v) is 4.24. The smallest absolute Gasteiger partial charge is 0.345 e. The summed E-state index contributed by atoms with van der Waals surface area (Å²) in [5.41, 5.74) is 1.03. The first-order chi connectivity index (χ1) is 12.9. The van der Waals surface area contributed by atoms with Gasteiger partial charge < -0.3 is 4.74 Å². The number of likely N-dealkylation sites (N-methyl/N-ethyl adjacent to an activating group) is 1. The molecule has 27 heavy (non-hydrogen) atoms. The highest BCUT2D eigenvalue weighted by Gasteiger charge is 2.30. The Hall–Kier alpha value is -1.86. The van der Waals surface area contributed by atoms with E-state index in [1.54, 1.807) is 41.3 Å². The van der Waals surface area contributed by atoms with Crippen molar-refractivity contribution in [2.75, 3.05) is 6.54 Å². The Balaban J connectivity index is 1.72. The molecule has 1 fully saturated rings. The summed E-state index contributed by atoms with van der Waals surface area (Å²) in [5.74, 6) is -0.308. The van der Waals surface area contributed by atoms with Gasteiger partial charge in [0, 0.05) is 11.6 Å². The number of thiocarbonyl (C=S) groups is 1. The Kier molecular flexibility index (Phi) is 6.22. The molecule has 2 aromatic carbocycles. The molecule has 1 aliphatic rings. The van der Waals surface area contributed by atoms with Gasteiger partial charge in [-0.2, -0.15) is 0 Å². The van der Waals surface area contributed by atoms with Gasteiger partial charge in [0.25, 0.3) is 5.91 Å². The van der Waals surface area contributed by atoms with E-state index in [9.17, 15) is 9.59 Å². The minimum absolute atomic E-state index is 0.0969. The summed E-state index contributed by atoms with van der Waals surface area (Å²) in [5, 5.41) is 0.663. The standard InChI is InChI=1S/C19H13Cl2NO3S2/c1-2-22-17(23)16(27-19(22)26)9-11-3-6-13(7-4-11)25-18(24)14-8-5-12(20)10-15(14)21/h3-10H,2H2,1H3/b16-9-. The van der Waals surface area contributed by atoms with Crippen molar-refractivity contribution in [3.8, 4) is 5.75 Å². The number of hydrogen-bond acceptors (Lipinski definition) is 5. The predicted molar refractivity (Wildman–Crippen MR) is 113 cm³/mol. The maximum absolute atomic E-state index is 12.2. The number of carbonyl (C=O) groups is 2. The summed E-state index contributed by atoms with van der Waals surface area (Å²) in [6.45, 7) is 2.42. The van der Waals surface area contributed by atoms with Gasteiger partial charge in [-0.15, -0.1) is 0 Å². The maximum atomic E-state index is 12.2. The van der Waals surface area contributed by atoms with Crippen molar-refractivity contribution in [1.29, 1.82) is 0 Å². The fourth-order valence-electron chi connectivity index (χ4n) is 2.37. The highest BCUT2D eigenvalue weighted by Crippen LogP contribution is 2.32. The van der Waals surface area contributed by atoms with E-state index in [1.165, 1.54) is 23.9 Å². The lowest BCUT2D eigenvalue weighted by atomic mass is 10.2. The van der Waals surface area contributed by atoms with E-state index in [4.69, 9.17) is 40.2 Å². The summed E-state index contributed by atoms with van der Waals surface area (Å²) >= 11 is 18.3. The third-order valence-corrected chi connectivity index (χ3v) is 5.65. The fraction of sp³-hybridized carbons (Fsp3) is 0.105. The van der Waals surface area contributed by atoms with Crippen molar-refractivity contribution < 1.29 is 14.3 Å². The number of ether oxygens (including phenoxy) is 1. The molecule has 0 radical (unpaired) electrons. The molecule has 1 saturated heterocycles. The molecule has 2 aromatic rings. The predicted octanol–water partition coefficient (Wildman–Crippen LogP) is 5.43. The van der Waals surface area contributed by atoms with Crippen LogP contribution in [-0.2, 0) is 4.79 Å². The Morgan fingerprint density at radius 3 is 2.52 bits per heavy atom. The SMILES string of the molecule is CCN1C(=O)/C(=C/c2ccc(OC(=O)c3ccc(Cl)cc3Cl)cc2)SC1=S. The molecule has 0 N–H and O–H groups in total. The third-order valence-electron chi connectivity index (χ3n) is 3.73. The Morgan fingerprint density at radius 1 is 1.22 bits per heavy atom. The number of halogens is 2. The van der Waals surface area contributed by atoms with Crippen LogP contribution in [-0.4, -0.2) is 27.6 Å². The molecule has 8 heteroatoms. The number of hydrogen-bond donors (Lipinski definition) is 0. The molecular weight excluding hydrogens is 425 g/mol. The molecular formula is C19H13Cl2NO3S2. The van der Waals surface area contributed by atoms with E-state index in [1.807, 2.05) is 6.92 Å². The molecule has 138 valence electrons. The molecule has 0 saturated carbocycles. The molecule has 0 spiro atoms. The monoisotopic (exact) mass is 437 g/mol. The van der Waals surface area contributed by atoms with Crippen LogP contribution in [0.1, 0.15) is 22.8 Å². The van der Waals surface area contributed by atoms with Gasteiger partial charge >= 0.3 is 5.97 Å². The molecule has 0 aliphatic carbocycles. The lowest BCUT2D eigenvalue weighted by Gasteiger charge is -2.09. The number of rotatable bonds is 4. The molecule has 3 rings (SSSR count). The lowest BCUT2D eigenvalue weighted by Crippen LogP contribution is -2.27. The third kappa shape index (κ3) is 4.52. The van der Waals surface area contributed by atoms with Crippen LogP contribution >= 0.6 is 47.2 Å². The highest BCUT2D eigenvalue weighted by atomic mass is 35.5. The van der Waals surface area contributed by atoms with Gasteiger partial charge in [-0.1, -0.05) is 59.3 Å². The van der Waals surface area contributed by atoms with Crippen molar-refractivity contribution in [1.82, 2.24) is 4.90 Å². The number of esters is 1. The van der Waals surface area contributed by atoms with Crippen LogP contribution in [0, 0.1) is 0 Å². The van der Waals surface area contributed by atoms with Crippen LogP contribution in [0.2, 0.25) is 10.0 Å². The topological polar surface area (TPSA) is 46.6 Å². The zero-order valence-corrected chi connectivity index (χ0v) is 17.2. The zero-order valence-electron chi connectivity index (χ0n) is 14.1. The van der Waals surface area contributed by atoms with Crippen LogP contribution in [0.25, 0.3) is 6.08 Å². The van der Waals surface area contributed by atoms with Gasteiger partial charge in [0.15, 0.2) is 0 Å². The largest absolute Gasteiger partial charge is 0.423 e. The first-order valence-electron chi connectivity index (χ1n) is 7.91. The van der Waals surface area contributed by atoms with Gasteiger partial charge in [-0.25, -0.2) is 4.79 Å². The first kappa shape index (κ1) is 19.9. The highest BCUT2D eigenvalue weighted by molar-refractivity contribution is 8.26. The summed E-state index contributed by atoms with van der Waals surface area (Å²) in [6.07, 6.45) is 1.76. The first-order valence-corrected chi connectivity index (χ1v) is 9.89. The van der Waals surface area contributed by atoms with E-state index in [0.29, 0.717) is 26.5 Å². The van der Waals surface area contributed by atoms with Crippen molar-refractivity contribution >= 4 is 69.5 Å². The molecule has 0 bridgehead atoms. The molecule has 4 nitrogen and oxygen atoms in total. The minimum Gasteiger partial charge on any atom is -0.423 e. The van der Waals surface area contributed by atoms with Crippen molar-refractivity contribution in [3.05, 3.63) is 68.5 Å². The van der Waals surface area contributed by atoms with E-state index in [-0.39, 0.29) is 16.5 Å². The van der Waals surface area contributed by atoms with E-state index < -0.39 is 5.97 Å². The van der Waals surface area contributed by atoms with E-state index in [2.05, 4.69) is 0 Å². The molecule has 1 aliphatic heterocycles. The normalized spacial score (nSPS) is 15.5. The Labute approximate surface area is 176 Å². The van der Waals surface area contributed by atoms with Gasteiger partial charge in [-0.05, 0) is 48.9 Å². The molecule has 1 heterocycles.